The zero-order valence-electron chi connectivity index (χ0n) is 10.5. The Hall–Kier alpha value is -2.08. The SMILES string of the molecule is N/C(=N/O)c1cccc(CNc2ccccc2Br)c1F. The molecule has 2 rings (SSSR count). The molecule has 0 spiro atoms. The number of halogens is 2. The number of hydrogen-bond donors (Lipinski definition) is 3. The fourth-order valence-corrected chi connectivity index (χ4v) is 2.19. The standard InChI is InChI=1S/C14H13BrFN3O/c15-11-6-1-2-7-12(11)18-8-9-4-3-5-10(13(9)16)14(17)19-20/h1-7,18,20H,8H2,(H2,17,19). The van der Waals surface area contributed by atoms with Gasteiger partial charge < -0.3 is 16.3 Å². The number of rotatable bonds is 4. The lowest BCUT2D eigenvalue weighted by Crippen LogP contribution is -2.16. The van der Waals surface area contributed by atoms with E-state index in [1.165, 1.54) is 6.07 Å². The van der Waals surface area contributed by atoms with Crippen LogP contribution in [0.25, 0.3) is 0 Å². The van der Waals surface area contributed by atoms with Crippen LogP contribution < -0.4 is 11.1 Å². The number of nitrogens with zero attached hydrogens (tertiary/aromatic N) is 1. The Morgan fingerprint density at radius 3 is 2.70 bits per heavy atom. The van der Waals surface area contributed by atoms with E-state index in [2.05, 4.69) is 26.4 Å². The first-order valence-electron chi connectivity index (χ1n) is 5.87. The van der Waals surface area contributed by atoms with Crippen LogP contribution in [0.3, 0.4) is 0 Å². The number of benzene rings is 2. The summed E-state index contributed by atoms with van der Waals surface area (Å²) >= 11 is 3.41. The maximum absolute atomic E-state index is 14.2. The molecule has 0 heterocycles. The summed E-state index contributed by atoms with van der Waals surface area (Å²) in [5.41, 5.74) is 6.81. The molecule has 0 aliphatic carbocycles. The Balaban J connectivity index is 2.21. The summed E-state index contributed by atoms with van der Waals surface area (Å²) in [7, 11) is 0. The molecular formula is C14H13BrFN3O. The fraction of sp³-hybridized carbons (Fsp3) is 0.0714. The smallest absolute Gasteiger partial charge is 0.173 e. The van der Waals surface area contributed by atoms with Crippen molar-refractivity contribution in [1.82, 2.24) is 0 Å². The fourth-order valence-electron chi connectivity index (χ4n) is 1.76. The van der Waals surface area contributed by atoms with Crippen molar-refractivity contribution in [2.45, 2.75) is 6.54 Å². The highest BCUT2D eigenvalue weighted by molar-refractivity contribution is 9.10. The third kappa shape index (κ3) is 3.08. The van der Waals surface area contributed by atoms with Gasteiger partial charge in [0.1, 0.15) is 5.82 Å². The second-order valence-corrected chi connectivity index (χ2v) is 4.95. The molecule has 0 fully saturated rings. The maximum Gasteiger partial charge on any atom is 0.173 e. The van der Waals surface area contributed by atoms with E-state index in [-0.39, 0.29) is 11.4 Å². The van der Waals surface area contributed by atoms with E-state index in [0.29, 0.717) is 12.1 Å². The van der Waals surface area contributed by atoms with Crippen LogP contribution in [0.2, 0.25) is 0 Å². The van der Waals surface area contributed by atoms with Gasteiger partial charge in [-0.15, -0.1) is 0 Å². The van der Waals surface area contributed by atoms with Gasteiger partial charge >= 0.3 is 0 Å². The molecule has 2 aromatic carbocycles. The topological polar surface area (TPSA) is 70.6 Å². The van der Waals surface area contributed by atoms with Crippen molar-refractivity contribution in [3.63, 3.8) is 0 Å². The van der Waals surface area contributed by atoms with E-state index < -0.39 is 5.82 Å². The first-order valence-corrected chi connectivity index (χ1v) is 6.66. The minimum atomic E-state index is -0.498. The molecule has 0 aliphatic heterocycles. The molecule has 0 saturated carbocycles. The van der Waals surface area contributed by atoms with Crippen molar-refractivity contribution in [3.8, 4) is 0 Å². The van der Waals surface area contributed by atoms with Gasteiger partial charge in [-0.3, -0.25) is 0 Å². The average Bonchev–Trinajstić information content (AvgIpc) is 2.47. The molecule has 0 unspecified atom stereocenters. The van der Waals surface area contributed by atoms with Crippen LogP contribution in [0.4, 0.5) is 10.1 Å². The number of hydrogen-bond acceptors (Lipinski definition) is 3. The molecule has 0 atom stereocenters. The molecule has 0 saturated heterocycles. The summed E-state index contributed by atoms with van der Waals surface area (Å²) in [4.78, 5) is 0. The molecule has 104 valence electrons. The minimum Gasteiger partial charge on any atom is -0.409 e. The van der Waals surface area contributed by atoms with Gasteiger partial charge in [-0.05, 0) is 34.1 Å². The van der Waals surface area contributed by atoms with Crippen LogP contribution in [0.5, 0.6) is 0 Å². The van der Waals surface area contributed by atoms with Crippen LogP contribution in [0, 0.1) is 5.82 Å². The second kappa shape index (κ2) is 6.38. The highest BCUT2D eigenvalue weighted by atomic mass is 79.9. The molecule has 0 aliphatic rings. The average molecular weight is 338 g/mol. The Morgan fingerprint density at radius 2 is 2.00 bits per heavy atom. The third-order valence-corrected chi connectivity index (χ3v) is 3.50. The Labute approximate surface area is 124 Å². The van der Waals surface area contributed by atoms with Gasteiger partial charge in [0.2, 0.25) is 0 Å². The number of nitrogens with one attached hydrogen (secondary N) is 1. The number of amidine groups is 1. The summed E-state index contributed by atoms with van der Waals surface area (Å²) < 4.78 is 15.1. The zero-order valence-corrected chi connectivity index (χ0v) is 12.1. The third-order valence-electron chi connectivity index (χ3n) is 2.81. The maximum atomic E-state index is 14.2. The lowest BCUT2D eigenvalue weighted by atomic mass is 10.1. The van der Waals surface area contributed by atoms with Gasteiger partial charge in [0.05, 0.1) is 5.56 Å². The molecule has 0 aromatic heterocycles. The number of para-hydroxylation sites is 1. The van der Waals surface area contributed by atoms with Crippen LogP contribution in [-0.2, 0) is 6.54 Å². The molecule has 20 heavy (non-hydrogen) atoms. The van der Waals surface area contributed by atoms with Crippen molar-refractivity contribution < 1.29 is 9.60 Å². The predicted octanol–water partition coefficient (Wildman–Crippen LogP) is 3.29. The van der Waals surface area contributed by atoms with Gasteiger partial charge in [-0.1, -0.05) is 29.4 Å². The van der Waals surface area contributed by atoms with Crippen LogP contribution >= 0.6 is 15.9 Å². The highest BCUT2D eigenvalue weighted by Crippen LogP contribution is 2.22. The van der Waals surface area contributed by atoms with E-state index in [1.54, 1.807) is 12.1 Å². The Kier molecular flexibility index (Phi) is 4.57. The van der Waals surface area contributed by atoms with E-state index >= 15 is 0 Å². The van der Waals surface area contributed by atoms with E-state index in [4.69, 9.17) is 10.9 Å². The molecule has 0 radical (unpaired) electrons. The van der Waals surface area contributed by atoms with Gasteiger partial charge in [0.15, 0.2) is 5.84 Å². The molecule has 0 amide bonds. The predicted molar refractivity (Wildman–Crippen MR) is 80.4 cm³/mol. The zero-order chi connectivity index (χ0) is 14.5. The number of nitrogens with two attached hydrogens (primary N) is 1. The summed E-state index contributed by atoms with van der Waals surface area (Å²) in [5.74, 6) is -0.743. The van der Waals surface area contributed by atoms with Crippen LogP contribution in [0.15, 0.2) is 52.1 Å². The normalized spacial score (nSPS) is 11.4. The van der Waals surface area contributed by atoms with Crippen molar-refractivity contribution in [2.24, 2.45) is 10.9 Å². The summed E-state index contributed by atoms with van der Waals surface area (Å²) in [6, 6.07) is 12.3. The molecule has 4 N–H and O–H groups in total. The second-order valence-electron chi connectivity index (χ2n) is 4.10. The number of anilines is 1. The molecular weight excluding hydrogens is 325 g/mol. The number of oxime groups is 1. The van der Waals surface area contributed by atoms with Crippen molar-refractivity contribution in [3.05, 3.63) is 63.9 Å². The molecule has 6 heteroatoms. The van der Waals surface area contributed by atoms with E-state index in [9.17, 15) is 4.39 Å². The highest BCUT2D eigenvalue weighted by Gasteiger charge is 2.11. The van der Waals surface area contributed by atoms with Gasteiger partial charge in [0.25, 0.3) is 0 Å². The summed E-state index contributed by atoms with van der Waals surface area (Å²) in [5, 5.41) is 14.6. The molecule has 0 bridgehead atoms. The van der Waals surface area contributed by atoms with Gasteiger partial charge in [0, 0.05) is 22.3 Å². The molecule has 4 nitrogen and oxygen atoms in total. The lowest BCUT2D eigenvalue weighted by Gasteiger charge is -2.11. The summed E-state index contributed by atoms with van der Waals surface area (Å²) in [6.45, 7) is 0.293. The van der Waals surface area contributed by atoms with E-state index in [0.717, 1.165) is 10.2 Å². The van der Waals surface area contributed by atoms with E-state index in [1.807, 2.05) is 24.3 Å². The van der Waals surface area contributed by atoms with Crippen LogP contribution in [-0.4, -0.2) is 11.0 Å². The lowest BCUT2D eigenvalue weighted by molar-refractivity contribution is 0.318. The van der Waals surface area contributed by atoms with Crippen LogP contribution in [0.1, 0.15) is 11.1 Å². The summed E-state index contributed by atoms with van der Waals surface area (Å²) in [6.07, 6.45) is 0. The first kappa shape index (κ1) is 14.3. The van der Waals surface area contributed by atoms with Crippen molar-refractivity contribution in [2.75, 3.05) is 5.32 Å². The quantitative estimate of drug-likeness (QED) is 0.347. The largest absolute Gasteiger partial charge is 0.409 e. The monoisotopic (exact) mass is 337 g/mol. The van der Waals surface area contributed by atoms with Gasteiger partial charge in [-0.25, -0.2) is 4.39 Å². The van der Waals surface area contributed by atoms with Gasteiger partial charge in [-0.2, -0.15) is 0 Å². The Morgan fingerprint density at radius 1 is 1.25 bits per heavy atom. The Bertz CT molecular complexity index is 646. The first-order chi connectivity index (χ1) is 9.63. The van der Waals surface area contributed by atoms with Crippen molar-refractivity contribution in [1.29, 1.82) is 0 Å². The van der Waals surface area contributed by atoms with Crippen molar-refractivity contribution >= 4 is 27.5 Å². The molecule has 2 aromatic rings. The minimum absolute atomic E-state index is 0.0823.